The first-order chi connectivity index (χ1) is 9.59. The van der Waals surface area contributed by atoms with Crippen molar-refractivity contribution in [1.82, 2.24) is 0 Å². The summed E-state index contributed by atoms with van der Waals surface area (Å²) < 4.78 is 15.5. The number of ether oxygens (including phenoxy) is 3. The maximum atomic E-state index is 11.5. The first kappa shape index (κ1) is 16.7. The fourth-order valence-electron chi connectivity index (χ4n) is 1.87. The van der Waals surface area contributed by atoms with Crippen LogP contribution >= 0.6 is 0 Å². The Bertz CT molecular complexity index is 331. The topological polar surface area (TPSA) is 61.8 Å². The lowest BCUT2D eigenvalue weighted by atomic mass is 10.2. The van der Waals surface area contributed by atoms with Crippen molar-refractivity contribution >= 4 is 11.9 Å². The van der Waals surface area contributed by atoms with E-state index in [1.54, 1.807) is 6.92 Å². The fourth-order valence-corrected chi connectivity index (χ4v) is 1.87. The molecule has 5 nitrogen and oxygen atoms in total. The molecule has 0 saturated carbocycles. The molecule has 1 atom stereocenters. The summed E-state index contributed by atoms with van der Waals surface area (Å²) in [7, 11) is 0. The lowest BCUT2D eigenvalue weighted by Crippen LogP contribution is -2.17. The van der Waals surface area contributed by atoms with Crippen LogP contribution in [0.3, 0.4) is 0 Å². The summed E-state index contributed by atoms with van der Waals surface area (Å²) in [5.41, 5.74) is 0.405. The Balaban J connectivity index is 1.91. The highest BCUT2D eigenvalue weighted by molar-refractivity contribution is 5.86. The van der Waals surface area contributed by atoms with Crippen molar-refractivity contribution in [1.29, 1.82) is 0 Å². The first-order valence-electron chi connectivity index (χ1n) is 7.19. The van der Waals surface area contributed by atoms with Crippen molar-refractivity contribution in [2.45, 2.75) is 51.6 Å². The van der Waals surface area contributed by atoms with Gasteiger partial charge in [-0.2, -0.15) is 0 Å². The molecule has 1 fully saturated rings. The Morgan fingerprint density at radius 1 is 1.25 bits per heavy atom. The predicted octanol–water partition coefficient (Wildman–Crippen LogP) is 2.39. The minimum atomic E-state index is -0.360. The van der Waals surface area contributed by atoms with E-state index in [-0.39, 0.29) is 18.0 Å². The van der Waals surface area contributed by atoms with Gasteiger partial charge in [-0.05, 0) is 39.0 Å². The number of esters is 2. The normalized spacial score (nSPS) is 17.8. The van der Waals surface area contributed by atoms with E-state index in [0.717, 1.165) is 38.7 Å². The minimum absolute atomic E-state index is 0.0838. The third-order valence-corrected chi connectivity index (χ3v) is 3.06. The van der Waals surface area contributed by atoms with E-state index in [1.807, 2.05) is 0 Å². The fraction of sp³-hybridized carbons (Fsp3) is 0.733. The molecule has 5 heteroatoms. The van der Waals surface area contributed by atoms with Gasteiger partial charge in [-0.25, -0.2) is 4.79 Å². The summed E-state index contributed by atoms with van der Waals surface area (Å²) in [6.07, 6.45) is 4.83. The minimum Gasteiger partial charge on any atom is -0.463 e. The van der Waals surface area contributed by atoms with Crippen LogP contribution in [0.15, 0.2) is 12.2 Å². The zero-order valence-electron chi connectivity index (χ0n) is 12.2. The van der Waals surface area contributed by atoms with Gasteiger partial charge in [0, 0.05) is 18.6 Å². The molecule has 0 aromatic heterocycles. The van der Waals surface area contributed by atoms with Crippen molar-refractivity contribution < 1.29 is 23.8 Å². The number of hydrogen-bond acceptors (Lipinski definition) is 5. The number of hydrogen-bond donors (Lipinski definition) is 0. The molecule has 1 saturated heterocycles. The highest BCUT2D eigenvalue weighted by Gasteiger charge is 2.17. The summed E-state index contributed by atoms with van der Waals surface area (Å²) in [6.45, 7) is 6.63. The van der Waals surface area contributed by atoms with Gasteiger partial charge < -0.3 is 14.2 Å². The second-order valence-electron chi connectivity index (χ2n) is 5.04. The van der Waals surface area contributed by atoms with Crippen LogP contribution < -0.4 is 0 Å². The molecule has 20 heavy (non-hydrogen) atoms. The van der Waals surface area contributed by atoms with Gasteiger partial charge in [0.25, 0.3) is 0 Å². The van der Waals surface area contributed by atoms with Gasteiger partial charge >= 0.3 is 11.9 Å². The smallest absolute Gasteiger partial charge is 0.333 e. The lowest BCUT2D eigenvalue weighted by molar-refractivity contribution is -0.147. The molecule has 0 radical (unpaired) electrons. The average Bonchev–Trinajstić information content (AvgIpc) is 2.93. The largest absolute Gasteiger partial charge is 0.463 e. The Hall–Kier alpha value is -1.36. The van der Waals surface area contributed by atoms with Crippen LogP contribution in [0.1, 0.15) is 45.4 Å². The summed E-state index contributed by atoms with van der Waals surface area (Å²) in [5.74, 6) is -0.541. The molecular weight excluding hydrogens is 260 g/mol. The van der Waals surface area contributed by atoms with Crippen molar-refractivity contribution in [3.63, 3.8) is 0 Å². The SMILES string of the molecule is C=C(C)C(=O)OCCCCCC(=O)OCC1CCCO1. The predicted molar refractivity (Wildman–Crippen MR) is 74.2 cm³/mol. The summed E-state index contributed by atoms with van der Waals surface area (Å²) in [5, 5.41) is 0. The summed E-state index contributed by atoms with van der Waals surface area (Å²) in [6, 6.07) is 0. The number of carbonyl (C=O) groups excluding carboxylic acids is 2. The van der Waals surface area contributed by atoms with Crippen LogP contribution in [0.4, 0.5) is 0 Å². The monoisotopic (exact) mass is 284 g/mol. The zero-order valence-corrected chi connectivity index (χ0v) is 12.2. The molecule has 1 aliphatic heterocycles. The van der Waals surface area contributed by atoms with Crippen LogP contribution in [0.2, 0.25) is 0 Å². The third-order valence-electron chi connectivity index (χ3n) is 3.06. The molecule has 0 bridgehead atoms. The molecule has 0 aromatic rings. The van der Waals surface area contributed by atoms with Gasteiger partial charge in [-0.3, -0.25) is 4.79 Å². The summed E-state index contributed by atoms with van der Waals surface area (Å²) in [4.78, 5) is 22.5. The number of unbranched alkanes of at least 4 members (excludes halogenated alkanes) is 2. The number of rotatable bonds is 9. The third kappa shape index (κ3) is 7.28. The zero-order chi connectivity index (χ0) is 14.8. The van der Waals surface area contributed by atoms with E-state index < -0.39 is 0 Å². The molecule has 0 amide bonds. The lowest BCUT2D eigenvalue weighted by Gasteiger charge is -2.10. The molecule has 0 aromatic carbocycles. The van der Waals surface area contributed by atoms with Gasteiger partial charge in [0.1, 0.15) is 6.61 Å². The maximum Gasteiger partial charge on any atom is 0.333 e. The van der Waals surface area contributed by atoms with Crippen LogP contribution in [0.5, 0.6) is 0 Å². The van der Waals surface area contributed by atoms with Gasteiger partial charge in [0.15, 0.2) is 0 Å². The van der Waals surface area contributed by atoms with Crippen molar-refractivity contribution in [2.24, 2.45) is 0 Å². The van der Waals surface area contributed by atoms with Gasteiger partial charge in [0.2, 0.25) is 0 Å². The Morgan fingerprint density at radius 2 is 2.05 bits per heavy atom. The van der Waals surface area contributed by atoms with Crippen LogP contribution in [-0.4, -0.2) is 37.9 Å². The maximum absolute atomic E-state index is 11.5. The molecule has 0 aliphatic carbocycles. The highest BCUT2D eigenvalue weighted by Crippen LogP contribution is 2.12. The summed E-state index contributed by atoms with van der Waals surface area (Å²) >= 11 is 0. The second kappa shape index (κ2) is 9.53. The molecule has 1 rings (SSSR count). The van der Waals surface area contributed by atoms with Gasteiger partial charge in [-0.1, -0.05) is 6.58 Å². The van der Waals surface area contributed by atoms with E-state index in [2.05, 4.69) is 6.58 Å². The molecular formula is C15H24O5. The van der Waals surface area contributed by atoms with Crippen molar-refractivity contribution in [3.8, 4) is 0 Å². The van der Waals surface area contributed by atoms with E-state index >= 15 is 0 Å². The molecule has 1 aliphatic rings. The average molecular weight is 284 g/mol. The van der Waals surface area contributed by atoms with Crippen molar-refractivity contribution in [2.75, 3.05) is 19.8 Å². The van der Waals surface area contributed by atoms with Gasteiger partial charge in [-0.15, -0.1) is 0 Å². The molecule has 114 valence electrons. The first-order valence-corrected chi connectivity index (χ1v) is 7.19. The van der Waals surface area contributed by atoms with E-state index in [4.69, 9.17) is 14.2 Å². The van der Waals surface area contributed by atoms with Crippen LogP contribution in [-0.2, 0) is 23.8 Å². The van der Waals surface area contributed by atoms with Crippen LogP contribution in [0.25, 0.3) is 0 Å². The van der Waals surface area contributed by atoms with E-state index in [1.165, 1.54) is 0 Å². The highest BCUT2D eigenvalue weighted by atomic mass is 16.6. The number of carbonyl (C=O) groups is 2. The Kier molecular flexibility index (Phi) is 7.95. The van der Waals surface area contributed by atoms with Gasteiger partial charge in [0.05, 0.1) is 12.7 Å². The molecule has 1 heterocycles. The Labute approximate surface area is 120 Å². The Morgan fingerprint density at radius 3 is 2.70 bits per heavy atom. The quantitative estimate of drug-likeness (QED) is 0.369. The van der Waals surface area contributed by atoms with E-state index in [9.17, 15) is 9.59 Å². The van der Waals surface area contributed by atoms with E-state index in [0.29, 0.717) is 25.2 Å². The second-order valence-corrected chi connectivity index (χ2v) is 5.04. The van der Waals surface area contributed by atoms with Crippen LogP contribution in [0, 0.1) is 0 Å². The van der Waals surface area contributed by atoms with Crippen molar-refractivity contribution in [3.05, 3.63) is 12.2 Å². The molecule has 0 spiro atoms. The standard InChI is InChI=1S/C15H24O5/c1-12(2)15(17)19-9-5-3-4-8-14(16)20-11-13-7-6-10-18-13/h13H,1,3-11H2,2H3. The molecule has 0 N–H and O–H groups in total. The molecule has 1 unspecified atom stereocenters.